The van der Waals surface area contributed by atoms with E-state index in [0.717, 1.165) is 11.8 Å². The molecule has 104 valence electrons. The molecule has 1 aliphatic heterocycles. The van der Waals surface area contributed by atoms with Crippen molar-refractivity contribution < 1.29 is 19.2 Å². The lowest BCUT2D eigenvalue weighted by Gasteiger charge is -2.07. The van der Waals surface area contributed by atoms with Gasteiger partial charge in [-0.15, -0.1) is 0 Å². The lowest BCUT2D eigenvalue weighted by atomic mass is 10.1. The Morgan fingerprint density at radius 1 is 1.25 bits per heavy atom. The lowest BCUT2D eigenvalue weighted by molar-refractivity contribution is -0.122. The summed E-state index contributed by atoms with van der Waals surface area (Å²) in [5.74, 6) is -0.856. The van der Waals surface area contributed by atoms with Gasteiger partial charge < -0.3 is 5.32 Å². The first-order chi connectivity index (χ1) is 9.45. The Kier molecular flexibility index (Phi) is 4.19. The predicted octanol–water partition coefficient (Wildman–Crippen LogP) is 1.57. The van der Waals surface area contributed by atoms with E-state index in [1.807, 2.05) is 0 Å². The number of rotatable bonds is 4. The average molecular weight is 292 g/mol. The molecule has 0 aliphatic carbocycles. The van der Waals surface area contributed by atoms with E-state index in [9.17, 15) is 19.2 Å². The van der Waals surface area contributed by atoms with Gasteiger partial charge in [0.1, 0.15) is 5.25 Å². The molecule has 7 heteroatoms. The normalized spacial score (nSPS) is 17.8. The maximum atomic E-state index is 11.8. The van der Waals surface area contributed by atoms with Gasteiger partial charge in [-0.05, 0) is 31.2 Å². The molecule has 1 aromatic carbocycles. The van der Waals surface area contributed by atoms with Crippen molar-refractivity contribution >= 4 is 40.3 Å². The second kappa shape index (κ2) is 5.87. The maximum absolute atomic E-state index is 11.8. The van der Waals surface area contributed by atoms with Crippen LogP contribution >= 0.6 is 11.8 Å². The topological polar surface area (TPSA) is 92.3 Å². The Morgan fingerprint density at radius 3 is 2.40 bits per heavy atom. The van der Waals surface area contributed by atoms with E-state index in [-0.39, 0.29) is 18.1 Å². The Balaban J connectivity index is 1.93. The van der Waals surface area contributed by atoms with Crippen molar-refractivity contribution in [2.75, 3.05) is 5.32 Å². The molecule has 1 fully saturated rings. The fraction of sp³-hybridized carbons (Fsp3) is 0.231. The van der Waals surface area contributed by atoms with Crippen molar-refractivity contribution in [2.45, 2.75) is 18.6 Å². The zero-order valence-corrected chi connectivity index (χ0v) is 11.5. The number of ketones is 1. The highest BCUT2D eigenvalue weighted by Gasteiger charge is 2.33. The maximum Gasteiger partial charge on any atom is 0.286 e. The molecule has 0 saturated carbocycles. The monoisotopic (exact) mass is 292 g/mol. The van der Waals surface area contributed by atoms with Crippen LogP contribution in [0.25, 0.3) is 0 Å². The van der Waals surface area contributed by atoms with E-state index < -0.39 is 16.4 Å². The standard InChI is InChI=1S/C13H12N2O4S/c1-7(16)8-2-4-9(5-3-8)14-11(17)6-10-12(18)15-13(19)20-10/h2-5,10H,6H2,1H3,(H,14,17)(H,15,18,19). The summed E-state index contributed by atoms with van der Waals surface area (Å²) in [4.78, 5) is 45.2. The molecule has 1 aromatic rings. The lowest BCUT2D eigenvalue weighted by Crippen LogP contribution is -2.27. The zero-order valence-electron chi connectivity index (χ0n) is 10.6. The molecule has 2 N–H and O–H groups in total. The number of benzene rings is 1. The van der Waals surface area contributed by atoms with Gasteiger partial charge in [0.2, 0.25) is 11.8 Å². The third kappa shape index (κ3) is 3.45. The summed E-state index contributed by atoms with van der Waals surface area (Å²) >= 11 is 0.814. The average Bonchev–Trinajstić information content (AvgIpc) is 2.68. The highest BCUT2D eigenvalue weighted by atomic mass is 32.2. The number of nitrogens with one attached hydrogen (secondary N) is 2. The Morgan fingerprint density at radius 2 is 1.90 bits per heavy atom. The van der Waals surface area contributed by atoms with E-state index in [1.54, 1.807) is 24.3 Å². The number of Topliss-reactive ketones (excluding diaryl/α,β-unsaturated/α-hetero) is 1. The van der Waals surface area contributed by atoms with Crippen LogP contribution in [-0.2, 0) is 9.59 Å². The van der Waals surface area contributed by atoms with Crippen molar-refractivity contribution in [1.82, 2.24) is 5.32 Å². The minimum atomic E-state index is -0.681. The highest BCUT2D eigenvalue weighted by Crippen LogP contribution is 2.22. The molecule has 0 radical (unpaired) electrons. The minimum Gasteiger partial charge on any atom is -0.326 e. The molecule has 6 nitrogen and oxygen atoms in total. The summed E-state index contributed by atoms with van der Waals surface area (Å²) in [7, 11) is 0. The van der Waals surface area contributed by atoms with Gasteiger partial charge >= 0.3 is 0 Å². The van der Waals surface area contributed by atoms with Crippen molar-refractivity contribution in [3.63, 3.8) is 0 Å². The fourth-order valence-corrected chi connectivity index (χ4v) is 2.51. The molecule has 3 amide bonds. The van der Waals surface area contributed by atoms with E-state index in [4.69, 9.17) is 0 Å². The summed E-state index contributed by atoms with van der Waals surface area (Å²) in [5.41, 5.74) is 1.09. The van der Waals surface area contributed by atoms with Crippen LogP contribution in [-0.4, -0.2) is 28.1 Å². The van der Waals surface area contributed by atoms with E-state index in [1.165, 1.54) is 6.92 Å². The third-order valence-corrected chi connectivity index (χ3v) is 3.69. The van der Waals surface area contributed by atoms with Gasteiger partial charge in [0.05, 0.1) is 0 Å². The van der Waals surface area contributed by atoms with Crippen molar-refractivity contribution in [2.24, 2.45) is 0 Å². The number of imide groups is 1. The second-order valence-corrected chi connectivity index (χ2v) is 5.44. The molecular formula is C13H12N2O4S. The Labute approximate surface area is 119 Å². The Bertz CT molecular complexity index is 583. The first-order valence-corrected chi connectivity index (χ1v) is 6.76. The molecule has 1 atom stereocenters. The number of hydrogen-bond acceptors (Lipinski definition) is 5. The second-order valence-electron chi connectivity index (χ2n) is 4.27. The van der Waals surface area contributed by atoms with Crippen molar-refractivity contribution in [3.05, 3.63) is 29.8 Å². The summed E-state index contributed by atoms with van der Waals surface area (Å²) < 4.78 is 0. The zero-order chi connectivity index (χ0) is 14.7. The van der Waals surface area contributed by atoms with Crippen molar-refractivity contribution in [1.29, 1.82) is 0 Å². The van der Waals surface area contributed by atoms with Crippen LogP contribution < -0.4 is 10.6 Å². The number of thioether (sulfide) groups is 1. The van der Waals surface area contributed by atoms with Crippen LogP contribution in [0.4, 0.5) is 10.5 Å². The SMILES string of the molecule is CC(=O)c1ccc(NC(=O)CC2SC(=O)NC2=O)cc1. The number of amides is 3. The third-order valence-electron chi connectivity index (χ3n) is 2.71. The molecule has 20 heavy (non-hydrogen) atoms. The molecular weight excluding hydrogens is 280 g/mol. The number of hydrogen-bond donors (Lipinski definition) is 2. The van der Waals surface area contributed by atoms with E-state index in [2.05, 4.69) is 10.6 Å². The minimum absolute atomic E-state index is 0.0552. The molecule has 1 aliphatic rings. The number of carbonyl (C=O) groups is 4. The van der Waals surface area contributed by atoms with Gasteiger partial charge in [-0.2, -0.15) is 0 Å². The van der Waals surface area contributed by atoms with Crippen molar-refractivity contribution in [3.8, 4) is 0 Å². The van der Waals surface area contributed by atoms with Crippen LogP contribution in [0.3, 0.4) is 0 Å². The summed E-state index contributed by atoms with van der Waals surface area (Å²) in [5, 5.41) is 3.63. The van der Waals surface area contributed by atoms with Crippen LogP contribution in [0.5, 0.6) is 0 Å². The first-order valence-electron chi connectivity index (χ1n) is 5.88. The summed E-state index contributed by atoms with van der Waals surface area (Å²) in [6, 6.07) is 6.44. The van der Waals surface area contributed by atoms with Crippen LogP contribution in [0, 0.1) is 0 Å². The molecule has 1 unspecified atom stereocenters. The van der Waals surface area contributed by atoms with Crippen LogP contribution in [0.1, 0.15) is 23.7 Å². The van der Waals surface area contributed by atoms with E-state index in [0.29, 0.717) is 11.3 Å². The first kappa shape index (κ1) is 14.3. The van der Waals surface area contributed by atoms with Gasteiger partial charge in [-0.3, -0.25) is 24.5 Å². The Hall–Kier alpha value is -2.15. The predicted molar refractivity (Wildman–Crippen MR) is 74.6 cm³/mol. The van der Waals surface area contributed by atoms with Gasteiger partial charge in [0.15, 0.2) is 5.78 Å². The van der Waals surface area contributed by atoms with Crippen LogP contribution in [0.15, 0.2) is 24.3 Å². The molecule has 0 spiro atoms. The van der Waals surface area contributed by atoms with Gasteiger partial charge in [0, 0.05) is 17.7 Å². The molecule has 1 heterocycles. The molecule has 2 rings (SSSR count). The van der Waals surface area contributed by atoms with E-state index >= 15 is 0 Å². The fourth-order valence-electron chi connectivity index (χ4n) is 1.70. The van der Waals surface area contributed by atoms with Gasteiger partial charge in [0.25, 0.3) is 5.24 Å². The van der Waals surface area contributed by atoms with Gasteiger partial charge in [-0.25, -0.2) is 0 Å². The quantitative estimate of drug-likeness (QED) is 0.822. The molecule has 1 saturated heterocycles. The molecule has 0 aromatic heterocycles. The summed E-state index contributed by atoms with van der Waals surface area (Å²) in [6.45, 7) is 1.46. The number of carbonyl (C=O) groups excluding carboxylic acids is 4. The van der Waals surface area contributed by atoms with Gasteiger partial charge in [-0.1, -0.05) is 11.8 Å². The van der Waals surface area contributed by atoms with Crippen LogP contribution in [0.2, 0.25) is 0 Å². The smallest absolute Gasteiger partial charge is 0.286 e. The summed E-state index contributed by atoms with van der Waals surface area (Å²) in [6.07, 6.45) is -0.0727. The number of anilines is 1. The largest absolute Gasteiger partial charge is 0.326 e. The highest BCUT2D eigenvalue weighted by molar-refractivity contribution is 8.15. The molecule has 0 bridgehead atoms.